The molecule has 1 aromatic carbocycles. The van der Waals surface area contributed by atoms with E-state index in [-0.39, 0.29) is 0 Å². The molecule has 2 aromatic rings. The summed E-state index contributed by atoms with van der Waals surface area (Å²) in [6, 6.07) is 12.3. The Morgan fingerprint density at radius 1 is 1.25 bits per heavy atom. The Morgan fingerprint density at radius 3 is 2.83 bits per heavy atom. The molecule has 1 saturated carbocycles. The number of ether oxygens (including phenoxy) is 1. The van der Waals surface area contributed by atoms with E-state index in [0.29, 0.717) is 12.1 Å². The minimum atomic E-state index is 0.431. The zero-order valence-corrected chi connectivity index (χ0v) is 14.5. The zero-order valence-electron chi connectivity index (χ0n) is 14.5. The van der Waals surface area contributed by atoms with Crippen LogP contribution >= 0.6 is 0 Å². The largest absolute Gasteiger partial charge is 0.497 e. The lowest BCUT2D eigenvalue weighted by molar-refractivity contribution is 0.225. The molecule has 24 heavy (non-hydrogen) atoms. The lowest BCUT2D eigenvalue weighted by Crippen LogP contribution is -2.37. The van der Waals surface area contributed by atoms with Crippen LogP contribution in [0.3, 0.4) is 0 Å². The van der Waals surface area contributed by atoms with Crippen molar-refractivity contribution in [2.24, 2.45) is 7.05 Å². The van der Waals surface area contributed by atoms with Crippen LogP contribution in [-0.4, -0.2) is 40.4 Å². The smallest absolute Gasteiger partial charge is 0.119 e. The molecule has 5 heteroatoms. The first-order valence-electron chi connectivity index (χ1n) is 8.86. The molecule has 0 spiro atoms. The van der Waals surface area contributed by atoms with Crippen LogP contribution < -0.4 is 10.1 Å². The number of hydrogen-bond acceptors (Lipinski definition) is 4. The van der Waals surface area contributed by atoms with Crippen molar-refractivity contribution in [3.63, 3.8) is 0 Å². The Kier molecular flexibility index (Phi) is 4.29. The summed E-state index contributed by atoms with van der Waals surface area (Å²) in [4.78, 5) is 2.69. The predicted molar refractivity (Wildman–Crippen MR) is 93.9 cm³/mol. The van der Waals surface area contributed by atoms with Gasteiger partial charge in [-0.25, -0.2) is 0 Å². The third-order valence-electron chi connectivity index (χ3n) is 5.36. The molecule has 1 N–H and O–H groups in total. The van der Waals surface area contributed by atoms with Gasteiger partial charge in [-0.1, -0.05) is 12.1 Å². The summed E-state index contributed by atoms with van der Waals surface area (Å²) in [6.07, 6.45) is 5.74. The van der Waals surface area contributed by atoms with E-state index in [2.05, 4.69) is 39.6 Å². The third kappa shape index (κ3) is 3.06. The molecule has 0 amide bonds. The first-order valence-corrected chi connectivity index (χ1v) is 8.86. The SMILES string of the molecule is COc1cccc([C@@H]2[C@@H](NCc3ccnn3C)CCN2C2CC2)c1. The Morgan fingerprint density at radius 2 is 2.12 bits per heavy atom. The number of nitrogens with one attached hydrogen (secondary N) is 1. The summed E-state index contributed by atoms with van der Waals surface area (Å²) < 4.78 is 7.39. The van der Waals surface area contributed by atoms with Gasteiger partial charge in [-0.15, -0.1) is 0 Å². The van der Waals surface area contributed by atoms with Crippen LogP contribution in [-0.2, 0) is 13.6 Å². The molecule has 2 atom stereocenters. The van der Waals surface area contributed by atoms with Crippen molar-refractivity contribution >= 4 is 0 Å². The molecule has 2 heterocycles. The van der Waals surface area contributed by atoms with Crippen molar-refractivity contribution < 1.29 is 4.74 Å². The molecule has 0 bridgehead atoms. The average Bonchev–Trinajstić information content (AvgIpc) is 3.24. The summed E-state index contributed by atoms with van der Waals surface area (Å²) in [7, 11) is 3.74. The van der Waals surface area contributed by atoms with Crippen LogP contribution in [0.25, 0.3) is 0 Å². The maximum atomic E-state index is 5.45. The van der Waals surface area contributed by atoms with Crippen molar-refractivity contribution in [3.8, 4) is 5.75 Å². The van der Waals surface area contributed by atoms with Gasteiger partial charge < -0.3 is 10.1 Å². The molecule has 1 saturated heterocycles. The van der Waals surface area contributed by atoms with E-state index >= 15 is 0 Å². The number of likely N-dealkylation sites (tertiary alicyclic amines) is 1. The van der Waals surface area contributed by atoms with E-state index in [1.165, 1.54) is 37.1 Å². The molecule has 1 aromatic heterocycles. The quantitative estimate of drug-likeness (QED) is 0.886. The number of hydrogen-bond donors (Lipinski definition) is 1. The van der Waals surface area contributed by atoms with E-state index in [1.807, 2.05) is 24.0 Å². The molecular formula is C19H26N4O. The fourth-order valence-electron chi connectivity index (χ4n) is 3.91. The Hall–Kier alpha value is -1.85. The molecule has 4 rings (SSSR count). The van der Waals surface area contributed by atoms with E-state index in [1.54, 1.807) is 7.11 Å². The Bertz CT molecular complexity index is 694. The highest BCUT2D eigenvalue weighted by Crippen LogP contribution is 2.41. The monoisotopic (exact) mass is 326 g/mol. The summed E-state index contributed by atoms with van der Waals surface area (Å²) in [5, 5.41) is 8.04. The normalized spacial score (nSPS) is 24.4. The standard InChI is InChI=1S/C19H26N4O/c1-22-16(8-10-21-22)13-20-18-9-11-23(15-6-7-15)19(18)14-4-3-5-17(12-14)24-2/h3-5,8,10,12,15,18-20H,6-7,9,11,13H2,1-2H3/t18-,19+/m0/s1. The van der Waals surface area contributed by atoms with Gasteiger partial charge in [-0.3, -0.25) is 9.58 Å². The number of nitrogens with zero attached hydrogens (tertiary/aromatic N) is 3. The van der Waals surface area contributed by atoms with E-state index < -0.39 is 0 Å². The zero-order chi connectivity index (χ0) is 16.5. The highest BCUT2D eigenvalue weighted by Gasteiger charge is 2.42. The topological polar surface area (TPSA) is 42.3 Å². The third-order valence-corrected chi connectivity index (χ3v) is 5.36. The van der Waals surface area contributed by atoms with Crippen molar-refractivity contribution in [2.45, 2.75) is 43.9 Å². The van der Waals surface area contributed by atoms with Crippen LogP contribution in [0.2, 0.25) is 0 Å². The molecule has 1 aliphatic carbocycles. The van der Waals surface area contributed by atoms with Crippen LogP contribution in [0.4, 0.5) is 0 Å². The molecule has 128 valence electrons. The van der Waals surface area contributed by atoms with Crippen LogP contribution in [0.5, 0.6) is 5.75 Å². The van der Waals surface area contributed by atoms with Gasteiger partial charge in [-0.2, -0.15) is 5.10 Å². The van der Waals surface area contributed by atoms with Crippen molar-refractivity contribution in [1.82, 2.24) is 20.0 Å². The molecular weight excluding hydrogens is 300 g/mol. The van der Waals surface area contributed by atoms with Crippen LogP contribution in [0.15, 0.2) is 36.5 Å². The van der Waals surface area contributed by atoms with Crippen molar-refractivity contribution in [1.29, 1.82) is 0 Å². The average molecular weight is 326 g/mol. The minimum absolute atomic E-state index is 0.431. The predicted octanol–water partition coefficient (Wildman–Crippen LogP) is 2.50. The molecule has 2 aliphatic rings. The molecule has 2 fully saturated rings. The highest BCUT2D eigenvalue weighted by atomic mass is 16.5. The summed E-state index contributed by atoms with van der Waals surface area (Å²) in [5.74, 6) is 0.945. The molecule has 5 nitrogen and oxygen atoms in total. The molecule has 0 unspecified atom stereocenters. The first kappa shape index (κ1) is 15.7. The number of methoxy groups -OCH3 is 1. The summed E-state index contributed by atoms with van der Waals surface area (Å²) in [5.41, 5.74) is 2.59. The highest BCUT2D eigenvalue weighted by molar-refractivity contribution is 5.32. The number of benzene rings is 1. The maximum absolute atomic E-state index is 5.45. The maximum Gasteiger partial charge on any atom is 0.119 e. The molecule has 1 aliphatic heterocycles. The van der Waals surface area contributed by atoms with Gasteiger partial charge in [0.15, 0.2) is 0 Å². The fraction of sp³-hybridized carbons (Fsp3) is 0.526. The van der Waals surface area contributed by atoms with Crippen LogP contribution in [0, 0.1) is 0 Å². The second kappa shape index (κ2) is 6.57. The van der Waals surface area contributed by atoms with Gasteiger partial charge in [0.05, 0.1) is 18.8 Å². The van der Waals surface area contributed by atoms with Crippen LogP contribution in [0.1, 0.15) is 36.6 Å². The van der Waals surface area contributed by atoms with Crippen molar-refractivity contribution in [2.75, 3.05) is 13.7 Å². The van der Waals surface area contributed by atoms with Gasteiger partial charge in [0.25, 0.3) is 0 Å². The van der Waals surface area contributed by atoms with Gasteiger partial charge in [-0.05, 0) is 43.0 Å². The van der Waals surface area contributed by atoms with Gasteiger partial charge in [0, 0.05) is 38.4 Å². The second-order valence-corrected chi connectivity index (χ2v) is 6.91. The minimum Gasteiger partial charge on any atom is -0.497 e. The number of aryl methyl sites for hydroxylation is 1. The van der Waals surface area contributed by atoms with Gasteiger partial charge in [0.2, 0.25) is 0 Å². The fourth-order valence-corrected chi connectivity index (χ4v) is 3.91. The number of aromatic nitrogens is 2. The number of rotatable bonds is 6. The summed E-state index contributed by atoms with van der Waals surface area (Å²) in [6.45, 7) is 2.04. The Balaban J connectivity index is 1.54. The van der Waals surface area contributed by atoms with Gasteiger partial charge in [0.1, 0.15) is 5.75 Å². The van der Waals surface area contributed by atoms with Crippen molar-refractivity contribution in [3.05, 3.63) is 47.8 Å². The van der Waals surface area contributed by atoms with Gasteiger partial charge >= 0.3 is 0 Å². The Labute approximate surface area is 143 Å². The lowest BCUT2D eigenvalue weighted by atomic mass is 9.99. The molecule has 0 radical (unpaired) electrons. The van der Waals surface area contributed by atoms with E-state index in [9.17, 15) is 0 Å². The first-order chi connectivity index (χ1) is 11.8. The second-order valence-electron chi connectivity index (χ2n) is 6.91. The lowest BCUT2D eigenvalue weighted by Gasteiger charge is -2.29. The summed E-state index contributed by atoms with van der Waals surface area (Å²) >= 11 is 0. The van der Waals surface area contributed by atoms with E-state index in [4.69, 9.17) is 4.74 Å². The van der Waals surface area contributed by atoms with E-state index in [0.717, 1.165) is 18.3 Å².